The summed E-state index contributed by atoms with van der Waals surface area (Å²) in [7, 11) is 0. The lowest BCUT2D eigenvalue weighted by Crippen LogP contribution is -2.55. The third-order valence-corrected chi connectivity index (χ3v) is 3.84. The van der Waals surface area contributed by atoms with Crippen molar-refractivity contribution >= 4 is 0 Å². The Kier molecular flexibility index (Phi) is 4.15. The summed E-state index contributed by atoms with van der Waals surface area (Å²) in [5, 5.41) is 29.3. The van der Waals surface area contributed by atoms with Crippen molar-refractivity contribution in [3.8, 4) is 0 Å². The minimum absolute atomic E-state index is 0.0934. The molecule has 15 heavy (non-hydrogen) atoms. The molecule has 0 bridgehead atoms. The van der Waals surface area contributed by atoms with Gasteiger partial charge in [0.15, 0.2) is 0 Å². The molecule has 1 fully saturated rings. The summed E-state index contributed by atoms with van der Waals surface area (Å²) in [6.45, 7) is 5.86. The maximum absolute atomic E-state index is 10.5. The Morgan fingerprint density at radius 3 is 2.40 bits per heavy atom. The van der Waals surface area contributed by atoms with E-state index < -0.39 is 11.7 Å². The molecule has 0 radical (unpaired) electrons. The van der Waals surface area contributed by atoms with Gasteiger partial charge in [-0.05, 0) is 30.6 Å². The van der Waals surface area contributed by atoms with Crippen molar-refractivity contribution in [2.75, 3.05) is 6.61 Å². The first kappa shape index (κ1) is 12.9. The molecule has 0 aromatic heterocycles. The highest BCUT2D eigenvalue weighted by Gasteiger charge is 2.47. The second-order valence-corrected chi connectivity index (χ2v) is 5.43. The lowest BCUT2D eigenvalue weighted by Gasteiger charge is -2.46. The van der Waals surface area contributed by atoms with Crippen LogP contribution in [0.15, 0.2) is 0 Å². The van der Waals surface area contributed by atoms with Crippen LogP contribution in [-0.2, 0) is 0 Å². The minimum atomic E-state index is -1.10. The summed E-state index contributed by atoms with van der Waals surface area (Å²) in [5.41, 5.74) is -1.10. The Labute approximate surface area is 92.1 Å². The first-order valence-electron chi connectivity index (χ1n) is 5.93. The van der Waals surface area contributed by atoms with Crippen molar-refractivity contribution in [3.05, 3.63) is 0 Å². The van der Waals surface area contributed by atoms with Crippen molar-refractivity contribution in [3.63, 3.8) is 0 Å². The summed E-state index contributed by atoms with van der Waals surface area (Å²) in [5.74, 6) is 0.853. The van der Waals surface area contributed by atoms with Crippen LogP contribution in [0.3, 0.4) is 0 Å². The molecule has 1 aliphatic carbocycles. The van der Waals surface area contributed by atoms with E-state index in [0.29, 0.717) is 18.3 Å². The van der Waals surface area contributed by atoms with Crippen LogP contribution in [0.4, 0.5) is 0 Å². The van der Waals surface area contributed by atoms with E-state index in [4.69, 9.17) is 5.11 Å². The van der Waals surface area contributed by atoms with Gasteiger partial charge in [0.2, 0.25) is 0 Å². The van der Waals surface area contributed by atoms with Crippen LogP contribution in [0.1, 0.15) is 40.0 Å². The monoisotopic (exact) mass is 216 g/mol. The molecule has 3 N–H and O–H groups in total. The molecule has 0 spiro atoms. The second-order valence-electron chi connectivity index (χ2n) is 5.43. The van der Waals surface area contributed by atoms with Gasteiger partial charge in [-0.2, -0.15) is 0 Å². The second kappa shape index (κ2) is 4.81. The van der Waals surface area contributed by atoms with Gasteiger partial charge in [-0.15, -0.1) is 0 Å². The highest BCUT2D eigenvalue weighted by Crippen LogP contribution is 2.42. The maximum Gasteiger partial charge on any atom is 0.106 e. The van der Waals surface area contributed by atoms with Gasteiger partial charge < -0.3 is 15.3 Å². The molecule has 4 unspecified atom stereocenters. The molecule has 0 heterocycles. The predicted molar refractivity (Wildman–Crippen MR) is 59.4 cm³/mol. The van der Waals surface area contributed by atoms with Crippen molar-refractivity contribution in [1.29, 1.82) is 0 Å². The molecule has 0 saturated heterocycles. The van der Waals surface area contributed by atoms with Gasteiger partial charge in [-0.25, -0.2) is 0 Å². The SMILES string of the molecule is CC1CCC(C(C)C)C(O)(C(O)CO)C1. The summed E-state index contributed by atoms with van der Waals surface area (Å²) >= 11 is 0. The molecular weight excluding hydrogens is 192 g/mol. The molecule has 3 nitrogen and oxygen atoms in total. The molecule has 90 valence electrons. The largest absolute Gasteiger partial charge is 0.394 e. The topological polar surface area (TPSA) is 60.7 Å². The van der Waals surface area contributed by atoms with Crippen LogP contribution in [0.25, 0.3) is 0 Å². The normalized spacial score (nSPS) is 39.4. The molecule has 0 amide bonds. The van der Waals surface area contributed by atoms with Gasteiger partial charge in [0, 0.05) is 0 Å². The molecular formula is C12H24O3. The van der Waals surface area contributed by atoms with E-state index in [1.165, 1.54) is 0 Å². The lowest BCUT2D eigenvalue weighted by molar-refractivity contribution is -0.165. The first-order valence-corrected chi connectivity index (χ1v) is 5.93. The zero-order chi connectivity index (χ0) is 11.6. The molecule has 3 heteroatoms. The quantitative estimate of drug-likeness (QED) is 0.663. The van der Waals surface area contributed by atoms with E-state index in [0.717, 1.165) is 12.8 Å². The highest BCUT2D eigenvalue weighted by atomic mass is 16.4. The minimum Gasteiger partial charge on any atom is -0.394 e. The standard InChI is InChI=1S/C12H24O3/c1-8(2)10-5-4-9(3)6-12(10,15)11(14)7-13/h8-11,13-15H,4-7H2,1-3H3. The third-order valence-electron chi connectivity index (χ3n) is 3.84. The predicted octanol–water partition coefficient (Wildman–Crippen LogP) is 1.16. The zero-order valence-electron chi connectivity index (χ0n) is 9.98. The fourth-order valence-electron chi connectivity index (χ4n) is 2.98. The van der Waals surface area contributed by atoms with Gasteiger partial charge in [0.25, 0.3) is 0 Å². The van der Waals surface area contributed by atoms with Crippen LogP contribution in [-0.4, -0.2) is 33.6 Å². The van der Waals surface area contributed by atoms with Crippen LogP contribution < -0.4 is 0 Å². The Balaban J connectivity index is 2.85. The maximum atomic E-state index is 10.5. The Morgan fingerprint density at radius 2 is 1.93 bits per heavy atom. The van der Waals surface area contributed by atoms with E-state index in [-0.39, 0.29) is 12.5 Å². The lowest BCUT2D eigenvalue weighted by atomic mass is 9.65. The number of aliphatic hydroxyl groups excluding tert-OH is 2. The van der Waals surface area contributed by atoms with E-state index in [1.807, 2.05) is 0 Å². The molecule has 4 atom stereocenters. The van der Waals surface area contributed by atoms with Crippen molar-refractivity contribution in [2.24, 2.45) is 17.8 Å². The molecule has 0 aromatic rings. The van der Waals surface area contributed by atoms with E-state index >= 15 is 0 Å². The molecule has 0 aromatic carbocycles. The van der Waals surface area contributed by atoms with Crippen LogP contribution in [0, 0.1) is 17.8 Å². The number of hydrogen-bond donors (Lipinski definition) is 3. The van der Waals surface area contributed by atoms with E-state index in [2.05, 4.69) is 20.8 Å². The summed E-state index contributed by atoms with van der Waals surface area (Å²) in [6, 6.07) is 0. The molecule has 0 aliphatic heterocycles. The third kappa shape index (κ3) is 2.52. The van der Waals surface area contributed by atoms with Crippen LogP contribution in [0.2, 0.25) is 0 Å². The van der Waals surface area contributed by atoms with Crippen molar-refractivity contribution in [1.82, 2.24) is 0 Å². The fourth-order valence-corrected chi connectivity index (χ4v) is 2.98. The number of hydrogen-bond acceptors (Lipinski definition) is 3. The Bertz CT molecular complexity index is 205. The van der Waals surface area contributed by atoms with Crippen LogP contribution >= 0.6 is 0 Å². The molecule has 1 saturated carbocycles. The van der Waals surface area contributed by atoms with Crippen LogP contribution in [0.5, 0.6) is 0 Å². The molecule has 1 aliphatic rings. The van der Waals surface area contributed by atoms with Gasteiger partial charge in [0.05, 0.1) is 12.2 Å². The van der Waals surface area contributed by atoms with Crippen molar-refractivity contribution < 1.29 is 15.3 Å². The van der Waals surface area contributed by atoms with Gasteiger partial charge in [-0.1, -0.05) is 27.2 Å². The van der Waals surface area contributed by atoms with E-state index in [9.17, 15) is 10.2 Å². The van der Waals surface area contributed by atoms with Gasteiger partial charge in [-0.3, -0.25) is 0 Å². The average Bonchev–Trinajstić information content (AvgIpc) is 2.15. The average molecular weight is 216 g/mol. The first-order chi connectivity index (χ1) is 6.91. The summed E-state index contributed by atoms with van der Waals surface area (Å²) in [4.78, 5) is 0. The summed E-state index contributed by atoms with van der Waals surface area (Å²) in [6.07, 6.45) is 1.63. The molecule has 1 rings (SSSR count). The zero-order valence-corrected chi connectivity index (χ0v) is 9.98. The van der Waals surface area contributed by atoms with Gasteiger partial charge >= 0.3 is 0 Å². The summed E-state index contributed by atoms with van der Waals surface area (Å²) < 4.78 is 0. The smallest absolute Gasteiger partial charge is 0.106 e. The number of rotatable bonds is 3. The highest BCUT2D eigenvalue weighted by molar-refractivity contribution is 4.98. The van der Waals surface area contributed by atoms with E-state index in [1.54, 1.807) is 0 Å². The van der Waals surface area contributed by atoms with Gasteiger partial charge in [0.1, 0.15) is 6.10 Å². The fraction of sp³-hybridized carbons (Fsp3) is 1.00. The Morgan fingerprint density at radius 1 is 1.33 bits per heavy atom. The Hall–Kier alpha value is -0.120. The van der Waals surface area contributed by atoms with Crippen molar-refractivity contribution in [2.45, 2.75) is 51.7 Å². The number of aliphatic hydroxyl groups is 3.